The van der Waals surface area contributed by atoms with E-state index in [1.807, 2.05) is 54.6 Å². The van der Waals surface area contributed by atoms with Crippen molar-refractivity contribution in [3.8, 4) is 0 Å². The van der Waals surface area contributed by atoms with Crippen molar-refractivity contribution in [2.45, 2.75) is 56.9 Å². The lowest BCUT2D eigenvalue weighted by Crippen LogP contribution is -2.38. The third-order valence-corrected chi connectivity index (χ3v) is 7.54. The SMILES string of the molecule is CC(=O)O[C@@H](C)C(=O)Nc1ccc([C@@H]2O[C@H](CSc3ccccc3)[C@H](C)[C@H](c3ccc(CO)cc3)O2)cc1. The molecule has 0 aliphatic carbocycles. The van der Waals surface area contributed by atoms with Crippen LogP contribution in [0.2, 0.25) is 0 Å². The minimum Gasteiger partial charge on any atom is -0.453 e. The first-order chi connectivity index (χ1) is 18.3. The molecule has 2 N–H and O–H groups in total. The van der Waals surface area contributed by atoms with Crippen molar-refractivity contribution in [2.24, 2.45) is 5.92 Å². The number of thioether (sulfide) groups is 1. The molecule has 200 valence electrons. The molecule has 5 atom stereocenters. The first-order valence-electron chi connectivity index (χ1n) is 12.6. The number of carbonyl (C=O) groups is 2. The maximum atomic E-state index is 12.3. The first-order valence-corrected chi connectivity index (χ1v) is 13.6. The van der Waals surface area contributed by atoms with E-state index in [0.29, 0.717) is 5.69 Å². The number of amides is 1. The van der Waals surface area contributed by atoms with E-state index >= 15 is 0 Å². The Hall–Kier alpha value is -3.17. The maximum absolute atomic E-state index is 12.3. The molecule has 0 spiro atoms. The van der Waals surface area contributed by atoms with Crippen LogP contribution in [-0.4, -0.2) is 34.9 Å². The Bertz CT molecular complexity index is 1200. The van der Waals surface area contributed by atoms with Gasteiger partial charge in [0.25, 0.3) is 5.91 Å². The molecule has 0 bridgehead atoms. The number of aliphatic hydroxyl groups is 1. The van der Waals surface area contributed by atoms with Gasteiger partial charge in [0.05, 0.1) is 18.8 Å². The highest BCUT2D eigenvalue weighted by Gasteiger charge is 2.38. The number of hydrogen-bond acceptors (Lipinski definition) is 7. The smallest absolute Gasteiger partial charge is 0.303 e. The van der Waals surface area contributed by atoms with Gasteiger partial charge in [0, 0.05) is 34.7 Å². The van der Waals surface area contributed by atoms with Gasteiger partial charge in [0.2, 0.25) is 0 Å². The van der Waals surface area contributed by atoms with Crippen molar-refractivity contribution in [3.05, 3.63) is 95.6 Å². The molecule has 4 rings (SSSR count). The Kier molecular flexibility index (Phi) is 9.58. The highest BCUT2D eigenvalue weighted by atomic mass is 32.2. The summed E-state index contributed by atoms with van der Waals surface area (Å²) in [4.78, 5) is 24.6. The summed E-state index contributed by atoms with van der Waals surface area (Å²) in [6.07, 6.45) is -1.77. The van der Waals surface area contributed by atoms with Crippen molar-refractivity contribution in [3.63, 3.8) is 0 Å². The van der Waals surface area contributed by atoms with Gasteiger partial charge in [-0.25, -0.2) is 0 Å². The number of aliphatic hydroxyl groups excluding tert-OH is 1. The molecule has 0 saturated carbocycles. The van der Waals surface area contributed by atoms with Gasteiger partial charge in [-0.1, -0.05) is 61.5 Å². The molecule has 38 heavy (non-hydrogen) atoms. The number of esters is 1. The van der Waals surface area contributed by atoms with E-state index < -0.39 is 24.3 Å². The molecule has 1 amide bonds. The van der Waals surface area contributed by atoms with Gasteiger partial charge >= 0.3 is 5.97 Å². The zero-order chi connectivity index (χ0) is 27.1. The number of hydrogen-bond donors (Lipinski definition) is 2. The predicted octanol–water partition coefficient (Wildman–Crippen LogP) is 5.65. The highest BCUT2D eigenvalue weighted by molar-refractivity contribution is 7.99. The summed E-state index contributed by atoms with van der Waals surface area (Å²) in [6, 6.07) is 25.3. The topological polar surface area (TPSA) is 94.1 Å². The number of nitrogens with one attached hydrogen (secondary N) is 1. The van der Waals surface area contributed by atoms with Gasteiger partial charge in [0.1, 0.15) is 0 Å². The summed E-state index contributed by atoms with van der Waals surface area (Å²) < 4.78 is 17.9. The second kappa shape index (κ2) is 13.1. The summed E-state index contributed by atoms with van der Waals surface area (Å²) in [7, 11) is 0. The van der Waals surface area contributed by atoms with E-state index in [0.717, 1.165) is 22.4 Å². The van der Waals surface area contributed by atoms with Gasteiger partial charge in [0.15, 0.2) is 12.4 Å². The van der Waals surface area contributed by atoms with E-state index in [1.165, 1.54) is 18.7 Å². The molecule has 1 aliphatic heterocycles. The monoisotopic (exact) mass is 535 g/mol. The van der Waals surface area contributed by atoms with Crippen molar-refractivity contribution in [2.75, 3.05) is 11.1 Å². The average Bonchev–Trinajstić information content (AvgIpc) is 2.93. The minimum absolute atomic E-state index is 0.00796. The Morgan fingerprint density at radius 2 is 1.63 bits per heavy atom. The zero-order valence-electron chi connectivity index (χ0n) is 21.7. The standard InChI is InChI=1S/C30H33NO6S/c1-19-27(18-38-26-7-5-4-6-8-26)36-30(37-28(19)23-11-9-22(17-32)10-12-23)24-13-15-25(16-14-24)31-29(34)20(2)35-21(3)33/h4-16,19-20,27-28,30,32H,17-18H2,1-3H3,(H,31,34)/t19-,20-,27+,28+,30+/m0/s1. The molecule has 3 aromatic carbocycles. The van der Waals surface area contributed by atoms with Crippen LogP contribution in [0.1, 0.15) is 49.9 Å². The third kappa shape index (κ3) is 7.23. The third-order valence-electron chi connectivity index (χ3n) is 6.44. The quantitative estimate of drug-likeness (QED) is 0.270. The van der Waals surface area contributed by atoms with Gasteiger partial charge in [-0.05, 0) is 42.3 Å². The molecule has 0 aromatic heterocycles. The second-order valence-corrected chi connectivity index (χ2v) is 10.4. The van der Waals surface area contributed by atoms with Crippen molar-refractivity contribution in [1.82, 2.24) is 0 Å². The molecule has 0 unspecified atom stereocenters. The minimum atomic E-state index is -0.889. The summed E-state index contributed by atoms with van der Waals surface area (Å²) in [5.41, 5.74) is 3.28. The molecule has 0 radical (unpaired) electrons. The molecule has 1 fully saturated rings. The Labute approximate surface area is 227 Å². The van der Waals surface area contributed by atoms with Crippen LogP contribution in [0.4, 0.5) is 5.69 Å². The van der Waals surface area contributed by atoms with Crippen LogP contribution in [0.15, 0.2) is 83.8 Å². The molecule has 3 aromatic rings. The van der Waals surface area contributed by atoms with E-state index in [-0.39, 0.29) is 24.7 Å². The van der Waals surface area contributed by atoms with Gasteiger partial charge in [-0.3, -0.25) is 9.59 Å². The fourth-order valence-electron chi connectivity index (χ4n) is 4.27. The maximum Gasteiger partial charge on any atom is 0.303 e. The van der Waals surface area contributed by atoms with E-state index in [1.54, 1.807) is 23.9 Å². The Balaban J connectivity index is 1.51. The summed E-state index contributed by atoms with van der Waals surface area (Å²) >= 11 is 1.75. The van der Waals surface area contributed by atoms with Crippen molar-refractivity contribution in [1.29, 1.82) is 0 Å². The fraction of sp³-hybridized carbons (Fsp3) is 0.333. The molecule has 1 saturated heterocycles. The Morgan fingerprint density at radius 1 is 0.974 bits per heavy atom. The van der Waals surface area contributed by atoms with Crippen molar-refractivity contribution >= 4 is 29.3 Å². The number of carbonyl (C=O) groups excluding carboxylic acids is 2. The van der Waals surface area contributed by atoms with E-state index in [9.17, 15) is 14.7 Å². The lowest BCUT2D eigenvalue weighted by Gasteiger charge is -2.41. The van der Waals surface area contributed by atoms with Crippen LogP contribution in [0.3, 0.4) is 0 Å². The predicted molar refractivity (Wildman–Crippen MR) is 146 cm³/mol. The molecule has 1 heterocycles. The van der Waals surface area contributed by atoms with Crippen LogP contribution in [0, 0.1) is 5.92 Å². The number of ether oxygens (including phenoxy) is 3. The molecule has 1 aliphatic rings. The second-order valence-electron chi connectivity index (χ2n) is 9.31. The lowest BCUT2D eigenvalue weighted by molar-refractivity contribution is -0.268. The van der Waals surface area contributed by atoms with Crippen LogP contribution in [-0.2, 0) is 30.4 Å². The Morgan fingerprint density at radius 3 is 2.26 bits per heavy atom. The molecule has 7 nitrogen and oxygen atoms in total. The number of benzene rings is 3. The molecular weight excluding hydrogens is 502 g/mol. The largest absolute Gasteiger partial charge is 0.453 e. The normalized spacial score (nSPS) is 21.9. The number of rotatable bonds is 9. The first kappa shape index (κ1) is 27.9. The lowest BCUT2D eigenvalue weighted by atomic mass is 9.91. The van der Waals surface area contributed by atoms with Crippen LogP contribution >= 0.6 is 11.8 Å². The zero-order valence-corrected chi connectivity index (χ0v) is 22.5. The molecule has 8 heteroatoms. The van der Waals surface area contributed by atoms with E-state index in [4.69, 9.17) is 14.2 Å². The fourth-order valence-corrected chi connectivity index (χ4v) is 5.36. The average molecular weight is 536 g/mol. The summed E-state index contributed by atoms with van der Waals surface area (Å²) in [6.45, 7) is 4.92. The van der Waals surface area contributed by atoms with Gasteiger partial charge < -0.3 is 24.6 Å². The van der Waals surface area contributed by atoms with Gasteiger partial charge in [-0.2, -0.15) is 0 Å². The summed E-state index contributed by atoms with van der Waals surface area (Å²) in [5.74, 6) is -0.0669. The van der Waals surface area contributed by atoms with Crippen molar-refractivity contribution < 1.29 is 28.9 Å². The van der Waals surface area contributed by atoms with E-state index in [2.05, 4.69) is 24.4 Å². The van der Waals surface area contributed by atoms with Crippen LogP contribution < -0.4 is 5.32 Å². The molecular formula is C30H33NO6S. The summed E-state index contributed by atoms with van der Waals surface area (Å²) in [5, 5.41) is 12.2. The van der Waals surface area contributed by atoms with Crippen LogP contribution in [0.5, 0.6) is 0 Å². The van der Waals surface area contributed by atoms with Gasteiger partial charge in [-0.15, -0.1) is 11.8 Å². The van der Waals surface area contributed by atoms with Crippen LogP contribution in [0.25, 0.3) is 0 Å². The highest BCUT2D eigenvalue weighted by Crippen LogP contribution is 2.43. The number of anilines is 1.